The van der Waals surface area contributed by atoms with Crippen molar-refractivity contribution in [2.45, 2.75) is 25.7 Å². The van der Waals surface area contributed by atoms with Gasteiger partial charge in [0.1, 0.15) is 0 Å². The molecule has 112 valence electrons. The van der Waals surface area contributed by atoms with Gasteiger partial charge in [-0.1, -0.05) is 12.5 Å². The van der Waals surface area contributed by atoms with Crippen LogP contribution in [-0.2, 0) is 4.79 Å². The van der Waals surface area contributed by atoms with E-state index in [2.05, 4.69) is 5.32 Å². The number of rotatable bonds is 7. The number of carbonyl (C=O) groups is 2. The van der Waals surface area contributed by atoms with Gasteiger partial charge in [0.05, 0.1) is 11.6 Å². The molecule has 0 aliphatic rings. The second-order valence-electron chi connectivity index (χ2n) is 4.66. The van der Waals surface area contributed by atoms with Crippen molar-refractivity contribution >= 4 is 17.7 Å². The van der Waals surface area contributed by atoms with Crippen LogP contribution in [0, 0.1) is 11.3 Å². The van der Waals surface area contributed by atoms with E-state index >= 15 is 0 Å². The number of nitriles is 1. The zero-order valence-corrected chi connectivity index (χ0v) is 12.0. The lowest BCUT2D eigenvalue weighted by Gasteiger charge is -2.18. The SMILES string of the molecule is CN(C(=O)NCCCCCC(=O)O)c1cccc(C#N)c1. The maximum atomic E-state index is 11.9. The van der Waals surface area contributed by atoms with Crippen LogP contribution in [0.3, 0.4) is 0 Å². The molecule has 6 nitrogen and oxygen atoms in total. The van der Waals surface area contributed by atoms with Gasteiger partial charge in [0, 0.05) is 25.7 Å². The molecule has 0 aromatic heterocycles. The van der Waals surface area contributed by atoms with Gasteiger partial charge in [-0.25, -0.2) is 4.79 Å². The van der Waals surface area contributed by atoms with Crippen molar-refractivity contribution in [3.63, 3.8) is 0 Å². The smallest absolute Gasteiger partial charge is 0.321 e. The van der Waals surface area contributed by atoms with Crippen molar-refractivity contribution in [3.05, 3.63) is 29.8 Å². The van der Waals surface area contributed by atoms with Crippen molar-refractivity contribution in [1.82, 2.24) is 5.32 Å². The molecule has 0 atom stereocenters. The summed E-state index contributed by atoms with van der Waals surface area (Å²) < 4.78 is 0. The van der Waals surface area contributed by atoms with Gasteiger partial charge >= 0.3 is 12.0 Å². The van der Waals surface area contributed by atoms with Crippen LogP contribution in [0.1, 0.15) is 31.2 Å². The molecule has 0 bridgehead atoms. The molecule has 2 N–H and O–H groups in total. The highest BCUT2D eigenvalue weighted by atomic mass is 16.4. The summed E-state index contributed by atoms with van der Waals surface area (Å²) in [5.41, 5.74) is 1.15. The number of hydrogen-bond donors (Lipinski definition) is 2. The Labute approximate surface area is 124 Å². The van der Waals surface area contributed by atoms with Gasteiger partial charge in [0.2, 0.25) is 0 Å². The molecule has 0 unspecified atom stereocenters. The number of hydrogen-bond acceptors (Lipinski definition) is 3. The maximum Gasteiger partial charge on any atom is 0.321 e. The summed E-state index contributed by atoms with van der Waals surface area (Å²) in [6, 6.07) is 8.59. The Morgan fingerprint density at radius 2 is 2.10 bits per heavy atom. The van der Waals surface area contributed by atoms with E-state index in [0.29, 0.717) is 24.2 Å². The Bertz CT molecular complexity index is 537. The fraction of sp³-hybridized carbons (Fsp3) is 0.400. The highest BCUT2D eigenvalue weighted by molar-refractivity contribution is 5.91. The topological polar surface area (TPSA) is 93.4 Å². The molecule has 0 fully saturated rings. The van der Waals surface area contributed by atoms with Crippen LogP contribution in [-0.4, -0.2) is 30.7 Å². The molecule has 0 aliphatic heterocycles. The van der Waals surface area contributed by atoms with Gasteiger partial charge in [0.15, 0.2) is 0 Å². The van der Waals surface area contributed by atoms with E-state index in [1.807, 2.05) is 6.07 Å². The first-order valence-electron chi connectivity index (χ1n) is 6.78. The third-order valence-electron chi connectivity index (χ3n) is 3.01. The van der Waals surface area contributed by atoms with Crippen molar-refractivity contribution in [1.29, 1.82) is 5.26 Å². The van der Waals surface area contributed by atoms with E-state index < -0.39 is 5.97 Å². The highest BCUT2D eigenvalue weighted by Gasteiger charge is 2.10. The number of anilines is 1. The largest absolute Gasteiger partial charge is 0.481 e. The summed E-state index contributed by atoms with van der Waals surface area (Å²) in [7, 11) is 1.64. The summed E-state index contributed by atoms with van der Waals surface area (Å²) in [6.45, 7) is 0.501. The highest BCUT2D eigenvalue weighted by Crippen LogP contribution is 2.14. The van der Waals surface area contributed by atoms with Gasteiger partial charge in [0.25, 0.3) is 0 Å². The third-order valence-corrected chi connectivity index (χ3v) is 3.01. The fourth-order valence-corrected chi connectivity index (χ4v) is 1.79. The molecular formula is C15H19N3O3. The Morgan fingerprint density at radius 1 is 1.33 bits per heavy atom. The van der Waals surface area contributed by atoms with Gasteiger partial charge < -0.3 is 10.4 Å². The van der Waals surface area contributed by atoms with Crippen LogP contribution in [0.2, 0.25) is 0 Å². The van der Waals surface area contributed by atoms with E-state index in [4.69, 9.17) is 10.4 Å². The van der Waals surface area contributed by atoms with Gasteiger partial charge in [-0.2, -0.15) is 5.26 Å². The molecule has 0 aliphatic carbocycles. The lowest BCUT2D eigenvalue weighted by Crippen LogP contribution is -2.37. The van der Waals surface area contributed by atoms with Crippen LogP contribution in [0.4, 0.5) is 10.5 Å². The Kier molecular flexibility index (Phi) is 6.75. The molecule has 0 heterocycles. The van der Waals surface area contributed by atoms with Crippen molar-refractivity contribution in [2.75, 3.05) is 18.5 Å². The molecule has 2 amide bonds. The number of carboxylic acid groups (broad SMARTS) is 1. The standard InChI is InChI=1S/C15H19N3O3/c1-18(13-7-5-6-12(10-13)11-16)15(21)17-9-4-2-3-8-14(19)20/h5-7,10H,2-4,8-9H2,1H3,(H,17,21)(H,19,20). The summed E-state index contributed by atoms with van der Waals surface area (Å²) in [6.07, 6.45) is 2.28. The number of carbonyl (C=O) groups excluding carboxylic acids is 1. The number of unbranched alkanes of at least 4 members (excludes halogenated alkanes) is 2. The maximum absolute atomic E-state index is 11.9. The number of carboxylic acids is 1. The molecular weight excluding hydrogens is 270 g/mol. The summed E-state index contributed by atoms with van der Waals surface area (Å²) in [4.78, 5) is 23.7. The summed E-state index contributed by atoms with van der Waals surface area (Å²) in [5.74, 6) is -0.795. The first kappa shape index (κ1) is 16.5. The average molecular weight is 289 g/mol. The van der Waals surface area contributed by atoms with Crippen molar-refractivity contribution in [2.24, 2.45) is 0 Å². The predicted molar refractivity (Wildman–Crippen MR) is 79.1 cm³/mol. The van der Waals surface area contributed by atoms with Crippen molar-refractivity contribution in [3.8, 4) is 6.07 Å². The van der Waals surface area contributed by atoms with Gasteiger partial charge in [-0.15, -0.1) is 0 Å². The fourth-order valence-electron chi connectivity index (χ4n) is 1.79. The number of nitrogens with zero attached hydrogens (tertiary/aromatic N) is 2. The van der Waals surface area contributed by atoms with Gasteiger partial charge in [-0.05, 0) is 31.0 Å². The van der Waals surface area contributed by atoms with Gasteiger partial charge in [-0.3, -0.25) is 9.69 Å². The molecule has 0 saturated heterocycles. The lowest BCUT2D eigenvalue weighted by atomic mass is 10.2. The van der Waals surface area contributed by atoms with Crippen LogP contribution in [0.25, 0.3) is 0 Å². The first-order chi connectivity index (χ1) is 10.0. The number of amides is 2. The second-order valence-corrected chi connectivity index (χ2v) is 4.66. The Balaban J connectivity index is 2.34. The third kappa shape index (κ3) is 5.95. The minimum atomic E-state index is -0.795. The summed E-state index contributed by atoms with van der Waals surface area (Å²) in [5, 5.41) is 20.1. The Morgan fingerprint density at radius 3 is 2.76 bits per heavy atom. The van der Waals surface area contributed by atoms with Crippen molar-refractivity contribution < 1.29 is 14.7 Å². The zero-order valence-electron chi connectivity index (χ0n) is 12.0. The van der Waals surface area contributed by atoms with E-state index in [1.165, 1.54) is 4.90 Å². The summed E-state index contributed by atoms with van der Waals surface area (Å²) >= 11 is 0. The van der Waals surface area contributed by atoms with E-state index in [9.17, 15) is 9.59 Å². The molecule has 0 spiro atoms. The molecule has 0 radical (unpaired) electrons. The second kappa shape index (κ2) is 8.59. The monoisotopic (exact) mass is 289 g/mol. The minimum absolute atomic E-state index is 0.162. The van der Waals surface area contributed by atoms with Crippen LogP contribution in [0.5, 0.6) is 0 Å². The van der Waals surface area contributed by atoms with Crippen LogP contribution < -0.4 is 10.2 Å². The van der Waals surface area contributed by atoms with Crippen LogP contribution in [0.15, 0.2) is 24.3 Å². The number of aliphatic carboxylic acids is 1. The molecule has 0 saturated carbocycles. The normalized spacial score (nSPS) is 9.71. The molecule has 1 aromatic carbocycles. The van der Waals surface area contributed by atoms with E-state index in [0.717, 1.165) is 12.8 Å². The Hall–Kier alpha value is -2.55. The number of nitrogens with one attached hydrogen (secondary N) is 1. The van der Waals surface area contributed by atoms with E-state index in [1.54, 1.807) is 31.3 Å². The minimum Gasteiger partial charge on any atom is -0.481 e. The molecule has 1 aromatic rings. The lowest BCUT2D eigenvalue weighted by molar-refractivity contribution is -0.137. The molecule has 1 rings (SSSR count). The van der Waals surface area contributed by atoms with Crippen LogP contribution >= 0.6 is 0 Å². The number of urea groups is 1. The quantitative estimate of drug-likeness (QED) is 0.753. The molecule has 6 heteroatoms. The van der Waals surface area contributed by atoms with E-state index in [-0.39, 0.29) is 12.5 Å². The predicted octanol–water partition coefficient (Wildman–Crippen LogP) is 2.35. The average Bonchev–Trinajstić information content (AvgIpc) is 2.49. The number of benzene rings is 1. The zero-order chi connectivity index (χ0) is 15.7. The molecule has 21 heavy (non-hydrogen) atoms. The first-order valence-corrected chi connectivity index (χ1v) is 6.78.